The molecule has 1 saturated heterocycles. The molecule has 1 amide bonds. The van der Waals surface area contributed by atoms with Crippen LogP contribution >= 0.6 is 0 Å². The number of hydrogen-bond acceptors (Lipinski definition) is 4. The van der Waals surface area contributed by atoms with Crippen molar-refractivity contribution < 1.29 is 31.9 Å². The average molecular weight is 410 g/mol. The molecule has 1 heterocycles. The van der Waals surface area contributed by atoms with Gasteiger partial charge < -0.3 is 10.0 Å². The van der Waals surface area contributed by atoms with E-state index in [2.05, 4.69) is 0 Å². The van der Waals surface area contributed by atoms with Gasteiger partial charge in [-0.3, -0.25) is 4.79 Å². The third-order valence-corrected chi connectivity index (χ3v) is 6.37. The number of sulfonamides is 1. The minimum atomic E-state index is -4.37. The number of carbonyl (C=O) groups excluding carboxylic acids is 1. The van der Waals surface area contributed by atoms with Gasteiger partial charge in [-0.2, -0.15) is 4.31 Å². The summed E-state index contributed by atoms with van der Waals surface area (Å²) in [4.78, 5) is 23.8. The van der Waals surface area contributed by atoms with E-state index in [1.165, 1.54) is 29.2 Å². The number of benzene rings is 2. The third-order valence-electron chi connectivity index (χ3n) is 4.42. The van der Waals surface area contributed by atoms with E-state index in [1.54, 1.807) is 0 Å². The van der Waals surface area contributed by atoms with Gasteiger partial charge in [-0.05, 0) is 36.4 Å². The van der Waals surface area contributed by atoms with Crippen LogP contribution in [-0.4, -0.2) is 60.8 Å². The van der Waals surface area contributed by atoms with Crippen molar-refractivity contribution in [2.45, 2.75) is 4.90 Å². The van der Waals surface area contributed by atoms with Crippen LogP contribution in [0.4, 0.5) is 8.78 Å². The Morgan fingerprint density at radius 3 is 1.86 bits per heavy atom. The van der Waals surface area contributed by atoms with Crippen LogP contribution < -0.4 is 0 Å². The molecule has 3 rings (SSSR count). The second-order valence-electron chi connectivity index (χ2n) is 6.13. The summed E-state index contributed by atoms with van der Waals surface area (Å²) in [6.07, 6.45) is 0. The summed E-state index contributed by atoms with van der Waals surface area (Å²) in [6, 6.07) is 8.19. The monoisotopic (exact) mass is 410 g/mol. The molecule has 0 unspecified atom stereocenters. The highest BCUT2D eigenvalue weighted by molar-refractivity contribution is 7.89. The van der Waals surface area contributed by atoms with E-state index in [9.17, 15) is 26.8 Å². The highest BCUT2D eigenvalue weighted by Gasteiger charge is 2.34. The molecule has 2 aromatic rings. The Morgan fingerprint density at radius 1 is 0.857 bits per heavy atom. The van der Waals surface area contributed by atoms with Crippen molar-refractivity contribution in [2.24, 2.45) is 0 Å². The fourth-order valence-corrected chi connectivity index (χ4v) is 4.46. The molecule has 2 aromatic carbocycles. The van der Waals surface area contributed by atoms with E-state index >= 15 is 0 Å². The number of hydrogen-bond donors (Lipinski definition) is 1. The number of rotatable bonds is 4. The van der Waals surface area contributed by atoms with Gasteiger partial charge in [-0.1, -0.05) is 6.07 Å². The fraction of sp³-hybridized carbons (Fsp3) is 0.222. The molecule has 0 spiro atoms. The molecule has 1 N–H and O–H groups in total. The molecule has 0 aromatic heterocycles. The fourth-order valence-electron chi connectivity index (χ4n) is 2.93. The molecule has 7 nitrogen and oxygen atoms in total. The second-order valence-corrected chi connectivity index (χ2v) is 8.00. The number of piperazine rings is 1. The lowest BCUT2D eigenvalue weighted by molar-refractivity contribution is 0.0684. The smallest absolute Gasteiger partial charge is 0.335 e. The van der Waals surface area contributed by atoms with Crippen LogP contribution in [0.5, 0.6) is 0 Å². The first-order valence-electron chi connectivity index (χ1n) is 8.28. The minimum Gasteiger partial charge on any atom is -0.478 e. The highest BCUT2D eigenvalue weighted by Crippen LogP contribution is 2.24. The van der Waals surface area contributed by atoms with Crippen molar-refractivity contribution in [1.82, 2.24) is 9.21 Å². The van der Waals surface area contributed by atoms with E-state index in [4.69, 9.17) is 5.11 Å². The quantitative estimate of drug-likeness (QED) is 0.830. The molecule has 28 heavy (non-hydrogen) atoms. The van der Waals surface area contributed by atoms with Gasteiger partial charge in [0.1, 0.15) is 11.6 Å². The largest absolute Gasteiger partial charge is 0.478 e. The Labute approximate surface area is 159 Å². The van der Waals surface area contributed by atoms with Crippen LogP contribution in [0.2, 0.25) is 0 Å². The van der Waals surface area contributed by atoms with Gasteiger partial charge in [-0.25, -0.2) is 22.0 Å². The van der Waals surface area contributed by atoms with Crippen LogP contribution in [0.25, 0.3) is 0 Å². The molecule has 1 fully saturated rings. The standard InChI is InChI=1S/C18H16F2N2O5S/c19-14-2-1-3-15(20)16(14)28(26,27)22-10-8-21(9-11-22)17(23)12-4-6-13(7-5-12)18(24)25/h1-7H,8-11H2,(H,24,25). The molecular weight excluding hydrogens is 394 g/mol. The lowest BCUT2D eigenvalue weighted by Crippen LogP contribution is -2.50. The van der Waals surface area contributed by atoms with Gasteiger partial charge in [0.2, 0.25) is 10.0 Å². The summed E-state index contributed by atoms with van der Waals surface area (Å²) in [7, 11) is -4.37. The summed E-state index contributed by atoms with van der Waals surface area (Å²) < 4.78 is 53.8. The highest BCUT2D eigenvalue weighted by atomic mass is 32.2. The Kier molecular flexibility index (Phi) is 5.43. The Morgan fingerprint density at radius 2 is 1.36 bits per heavy atom. The van der Waals surface area contributed by atoms with Crippen molar-refractivity contribution in [3.05, 3.63) is 65.2 Å². The van der Waals surface area contributed by atoms with E-state index in [1.807, 2.05) is 0 Å². The Hall–Kier alpha value is -2.85. The van der Waals surface area contributed by atoms with Gasteiger partial charge in [0.15, 0.2) is 4.90 Å². The van der Waals surface area contributed by atoms with Crippen molar-refractivity contribution in [3.63, 3.8) is 0 Å². The predicted molar refractivity (Wildman–Crippen MR) is 94.4 cm³/mol. The molecule has 0 saturated carbocycles. The SMILES string of the molecule is O=C(O)c1ccc(C(=O)N2CCN(S(=O)(=O)c3c(F)cccc3F)CC2)cc1. The maximum Gasteiger partial charge on any atom is 0.335 e. The lowest BCUT2D eigenvalue weighted by atomic mass is 10.1. The topological polar surface area (TPSA) is 95.0 Å². The first-order chi connectivity index (χ1) is 13.2. The van der Waals surface area contributed by atoms with Gasteiger partial charge in [0.05, 0.1) is 5.56 Å². The van der Waals surface area contributed by atoms with Gasteiger partial charge in [0.25, 0.3) is 5.91 Å². The summed E-state index contributed by atoms with van der Waals surface area (Å²) >= 11 is 0. The maximum absolute atomic E-state index is 13.9. The third kappa shape index (κ3) is 3.73. The zero-order valence-corrected chi connectivity index (χ0v) is 15.3. The number of aromatic carboxylic acids is 1. The molecule has 1 aliphatic rings. The van der Waals surface area contributed by atoms with Crippen molar-refractivity contribution in [3.8, 4) is 0 Å². The number of carbonyl (C=O) groups is 2. The van der Waals surface area contributed by atoms with Gasteiger partial charge in [-0.15, -0.1) is 0 Å². The summed E-state index contributed by atoms with van der Waals surface area (Å²) in [5.41, 5.74) is 0.306. The van der Waals surface area contributed by atoms with Crippen LogP contribution in [0.15, 0.2) is 47.4 Å². The minimum absolute atomic E-state index is 0.0365. The van der Waals surface area contributed by atoms with Crippen LogP contribution in [0.3, 0.4) is 0 Å². The van der Waals surface area contributed by atoms with E-state index in [-0.39, 0.29) is 43.2 Å². The van der Waals surface area contributed by atoms with E-state index < -0.39 is 32.5 Å². The van der Waals surface area contributed by atoms with Crippen molar-refractivity contribution in [2.75, 3.05) is 26.2 Å². The predicted octanol–water partition coefficient (Wildman–Crippen LogP) is 1.81. The second kappa shape index (κ2) is 7.64. The Balaban J connectivity index is 1.72. The summed E-state index contributed by atoms with van der Waals surface area (Å²) in [5.74, 6) is -3.83. The van der Waals surface area contributed by atoms with Crippen LogP contribution in [-0.2, 0) is 10.0 Å². The summed E-state index contributed by atoms with van der Waals surface area (Å²) in [6.45, 7) is -0.159. The van der Waals surface area contributed by atoms with E-state index in [0.29, 0.717) is 0 Å². The van der Waals surface area contributed by atoms with Gasteiger partial charge >= 0.3 is 5.97 Å². The normalized spacial score (nSPS) is 15.4. The Bertz CT molecular complexity index is 997. The number of carboxylic acid groups (broad SMARTS) is 1. The van der Waals surface area contributed by atoms with Gasteiger partial charge in [0, 0.05) is 31.7 Å². The zero-order chi connectivity index (χ0) is 20.5. The number of nitrogens with zero attached hydrogens (tertiary/aromatic N) is 2. The molecule has 1 aliphatic heterocycles. The first kappa shape index (κ1) is 19.9. The maximum atomic E-state index is 13.9. The molecule has 0 atom stereocenters. The molecule has 10 heteroatoms. The van der Waals surface area contributed by atoms with Crippen LogP contribution in [0, 0.1) is 11.6 Å². The zero-order valence-electron chi connectivity index (χ0n) is 14.5. The van der Waals surface area contributed by atoms with Crippen molar-refractivity contribution in [1.29, 1.82) is 0 Å². The molecular formula is C18H16F2N2O5S. The molecule has 0 bridgehead atoms. The van der Waals surface area contributed by atoms with Crippen LogP contribution in [0.1, 0.15) is 20.7 Å². The number of carboxylic acids is 1. The molecule has 148 valence electrons. The lowest BCUT2D eigenvalue weighted by Gasteiger charge is -2.34. The summed E-state index contributed by atoms with van der Waals surface area (Å²) in [5, 5.41) is 8.89. The molecule has 0 radical (unpaired) electrons. The van der Waals surface area contributed by atoms with Crippen molar-refractivity contribution >= 4 is 21.9 Å². The molecule has 0 aliphatic carbocycles. The number of halogens is 2. The average Bonchev–Trinajstić information content (AvgIpc) is 2.67. The first-order valence-corrected chi connectivity index (χ1v) is 9.72. The van der Waals surface area contributed by atoms with E-state index in [0.717, 1.165) is 22.5 Å². The number of amides is 1.